The molecule has 1 saturated heterocycles. The van der Waals surface area contributed by atoms with Crippen LogP contribution in [0.15, 0.2) is 0 Å². The Balaban J connectivity index is 2.70. The minimum atomic E-state index is -1.47. The van der Waals surface area contributed by atoms with E-state index in [-0.39, 0.29) is 0 Å². The lowest BCUT2D eigenvalue weighted by atomic mass is 9.94. The molecule has 6 unspecified atom stereocenters. The number of nitrogens with two attached hydrogens (primary N) is 1. The van der Waals surface area contributed by atoms with Crippen LogP contribution in [0.3, 0.4) is 0 Å². The van der Waals surface area contributed by atoms with Crippen LogP contribution in [0.1, 0.15) is 0 Å². The van der Waals surface area contributed by atoms with Crippen molar-refractivity contribution in [3.05, 3.63) is 0 Å². The first-order valence-corrected chi connectivity index (χ1v) is 4.23. The fraction of sp³-hybridized carbons (Fsp3) is 1.00. The zero-order valence-electron chi connectivity index (χ0n) is 7.39. The van der Waals surface area contributed by atoms with Crippen molar-refractivity contribution in [2.45, 2.75) is 36.7 Å². The lowest BCUT2D eigenvalue weighted by Gasteiger charge is -2.40. The normalized spacial score (nSPS) is 46.3. The van der Waals surface area contributed by atoms with Gasteiger partial charge in [-0.05, 0) is 0 Å². The highest BCUT2D eigenvalue weighted by molar-refractivity contribution is 4.93. The van der Waals surface area contributed by atoms with Crippen molar-refractivity contribution in [2.24, 2.45) is 5.73 Å². The predicted molar refractivity (Wildman–Crippen MR) is 44.0 cm³/mol. The summed E-state index contributed by atoms with van der Waals surface area (Å²) >= 11 is 0. The van der Waals surface area contributed by atoms with Gasteiger partial charge in [-0.2, -0.15) is 0 Å². The molecule has 0 saturated carbocycles. The summed E-state index contributed by atoms with van der Waals surface area (Å²) in [4.78, 5) is 0. The molecule has 0 amide bonds. The summed E-state index contributed by atoms with van der Waals surface area (Å²) in [6.07, 6.45) is -6.92. The molecule has 0 aliphatic carbocycles. The molecule has 1 aliphatic heterocycles. The van der Waals surface area contributed by atoms with Crippen molar-refractivity contribution < 1.29 is 30.3 Å². The third-order valence-electron chi connectivity index (χ3n) is 2.27. The summed E-state index contributed by atoms with van der Waals surface area (Å²) in [6, 6.07) is -1.13. The van der Waals surface area contributed by atoms with Gasteiger partial charge < -0.3 is 36.0 Å². The topological polar surface area (TPSA) is 136 Å². The minimum absolute atomic E-state index is 0.642. The van der Waals surface area contributed by atoms with Crippen molar-refractivity contribution in [3.63, 3.8) is 0 Å². The summed E-state index contributed by atoms with van der Waals surface area (Å²) in [5.41, 5.74) is 5.29. The maximum absolute atomic E-state index is 9.39. The van der Waals surface area contributed by atoms with Crippen LogP contribution < -0.4 is 5.73 Å². The second kappa shape index (κ2) is 4.49. The molecule has 1 heterocycles. The van der Waals surface area contributed by atoms with E-state index >= 15 is 0 Å². The van der Waals surface area contributed by atoms with Gasteiger partial charge >= 0.3 is 0 Å². The molecule has 0 spiro atoms. The molecular formula is C7H15NO6. The SMILES string of the molecule is NC1C(O)OC(C(O)CO)C(O)C1O. The van der Waals surface area contributed by atoms with Crippen LogP contribution in [0.4, 0.5) is 0 Å². The van der Waals surface area contributed by atoms with E-state index in [4.69, 9.17) is 20.7 Å². The van der Waals surface area contributed by atoms with Gasteiger partial charge in [0.2, 0.25) is 0 Å². The average Bonchev–Trinajstić information content (AvgIpc) is 2.19. The highest BCUT2D eigenvalue weighted by Crippen LogP contribution is 2.20. The van der Waals surface area contributed by atoms with Gasteiger partial charge in [0.05, 0.1) is 12.6 Å². The lowest BCUT2D eigenvalue weighted by Crippen LogP contribution is -2.63. The second-order valence-electron chi connectivity index (χ2n) is 3.30. The largest absolute Gasteiger partial charge is 0.394 e. The first-order chi connectivity index (χ1) is 6.49. The summed E-state index contributed by atoms with van der Waals surface area (Å²) < 4.78 is 4.74. The minimum Gasteiger partial charge on any atom is -0.394 e. The number of hydrogen-bond donors (Lipinski definition) is 6. The Labute approximate surface area is 80.3 Å². The molecule has 7 N–H and O–H groups in total. The Morgan fingerprint density at radius 2 is 1.79 bits per heavy atom. The fourth-order valence-electron chi connectivity index (χ4n) is 1.35. The van der Waals surface area contributed by atoms with Crippen LogP contribution >= 0.6 is 0 Å². The van der Waals surface area contributed by atoms with E-state index in [0.29, 0.717) is 0 Å². The van der Waals surface area contributed by atoms with E-state index in [1.54, 1.807) is 0 Å². The zero-order valence-corrected chi connectivity index (χ0v) is 7.39. The van der Waals surface area contributed by atoms with Crippen molar-refractivity contribution in [3.8, 4) is 0 Å². The predicted octanol–water partition coefficient (Wildman–Crippen LogP) is -3.89. The van der Waals surface area contributed by atoms with Crippen LogP contribution in [0, 0.1) is 0 Å². The number of aliphatic hydroxyl groups is 5. The second-order valence-corrected chi connectivity index (χ2v) is 3.30. The fourth-order valence-corrected chi connectivity index (χ4v) is 1.35. The van der Waals surface area contributed by atoms with Gasteiger partial charge in [0.25, 0.3) is 0 Å². The maximum atomic E-state index is 9.39. The molecule has 0 aromatic heterocycles. The van der Waals surface area contributed by atoms with E-state index < -0.39 is 43.4 Å². The van der Waals surface area contributed by atoms with Crippen molar-refractivity contribution in [1.29, 1.82) is 0 Å². The van der Waals surface area contributed by atoms with Crippen molar-refractivity contribution in [1.82, 2.24) is 0 Å². The third kappa shape index (κ3) is 2.04. The standard InChI is InChI=1S/C7H15NO6/c8-3-4(11)5(12)6(2(10)1-9)14-7(3)13/h2-7,9-13H,1,8H2. The Bertz CT molecular complexity index is 191. The van der Waals surface area contributed by atoms with Crippen LogP contribution in [-0.4, -0.2) is 68.9 Å². The molecule has 1 aliphatic rings. The lowest BCUT2D eigenvalue weighted by molar-refractivity contribution is -0.264. The molecule has 84 valence electrons. The van der Waals surface area contributed by atoms with Gasteiger partial charge in [0.15, 0.2) is 6.29 Å². The smallest absolute Gasteiger partial charge is 0.173 e. The van der Waals surface area contributed by atoms with Gasteiger partial charge in [-0.1, -0.05) is 0 Å². The average molecular weight is 209 g/mol. The van der Waals surface area contributed by atoms with Crippen LogP contribution in [-0.2, 0) is 4.74 Å². The Morgan fingerprint density at radius 1 is 1.21 bits per heavy atom. The molecule has 7 heteroatoms. The van der Waals surface area contributed by atoms with Gasteiger partial charge in [0.1, 0.15) is 24.4 Å². The van der Waals surface area contributed by atoms with Gasteiger partial charge in [-0.15, -0.1) is 0 Å². The molecule has 6 atom stereocenters. The quantitative estimate of drug-likeness (QED) is 0.273. The van der Waals surface area contributed by atoms with Gasteiger partial charge in [-0.25, -0.2) is 0 Å². The molecule has 14 heavy (non-hydrogen) atoms. The van der Waals surface area contributed by atoms with Gasteiger partial charge in [-0.3, -0.25) is 0 Å². The molecule has 1 fully saturated rings. The Morgan fingerprint density at radius 3 is 2.29 bits per heavy atom. The number of hydrogen-bond acceptors (Lipinski definition) is 7. The van der Waals surface area contributed by atoms with E-state index in [2.05, 4.69) is 0 Å². The number of rotatable bonds is 2. The molecule has 0 radical (unpaired) electrons. The monoisotopic (exact) mass is 209 g/mol. The number of aliphatic hydroxyl groups excluding tert-OH is 5. The molecular weight excluding hydrogens is 194 g/mol. The van der Waals surface area contributed by atoms with Crippen molar-refractivity contribution in [2.75, 3.05) is 6.61 Å². The molecule has 1 rings (SSSR count). The summed E-state index contributed by atoms with van der Waals surface area (Å²) in [6.45, 7) is -0.642. The molecule has 0 aromatic carbocycles. The van der Waals surface area contributed by atoms with E-state index in [9.17, 15) is 15.3 Å². The highest BCUT2D eigenvalue weighted by Gasteiger charge is 2.44. The zero-order chi connectivity index (χ0) is 10.9. The summed E-state index contributed by atoms with van der Waals surface area (Å²) in [5, 5.41) is 45.7. The van der Waals surface area contributed by atoms with Crippen LogP contribution in [0.25, 0.3) is 0 Å². The highest BCUT2D eigenvalue weighted by atomic mass is 16.6. The van der Waals surface area contributed by atoms with Crippen molar-refractivity contribution >= 4 is 0 Å². The van der Waals surface area contributed by atoms with Crippen LogP contribution in [0.5, 0.6) is 0 Å². The Kier molecular flexibility index (Phi) is 3.78. The van der Waals surface area contributed by atoms with E-state index in [1.807, 2.05) is 0 Å². The summed E-state index contributed by atoms with van der Waals surface area (Å²) in [5.74, 6) is 0. The molecule has 0 bridgehead atoms. The molecule has 0 aromatic rings. The summed E-state index contributed by atoms with van der Waals surface area (Å²) in [7, 11) is 0. The molecule has 7 nitrogen and oxygen atoms in total. The number of ether oxygens (including phenoxy) is 1. The van der Waals surface area contributed by atoms with E-state index in [1.165, 1.54) is 0 Å². The maximum Gasteiger partial charge on any atom is 0.173 e. The third-order valence-corrected chi connectivity index (χ3v) is 2.27. The Hall–Kier alpha value is -0.280. The first-order valence-electron chi connectivity index (χ1n) is 4.23. The first kappa shape index (κ1) is 11.8. The van der Waals surface area contributed by atoms with E-state index in [0.717, 1.165) is 0 Å². The van der Waals surface area contributed by atoms with Gasteiger partial charge in [0, 0.05) is 0 Å². The van der Waals surface area contributed by atoms with Crippen LogP contribution in [0.2, 0.25) is 0 Å².